The molecular weight excluding hydrogens is 262 g/mol. The first-order valence-corrected chi connectivity index (χ1v) is 14.1. The second-order valence-corrected chi connectivity index (χ2v) is 18.3. The molecule has 0 aliphatic carbocycles. The zero-order valence-electron chi connectivity index (χ0n) is 12.4. The summed E-state index contributed by atoms with van der Waals surface area (Å²) in [5.74, 6) is 0. The van der Waals surface area contributed by atoms with E-state index in [-0.39, 0.29) is 10.7 Å². The molecule has 102 valence electrons. The lowest BCUT2D eigenvalue weighted by atomic mass is 10.3. The summed E-state index contributed by atoms with van der Waals surface area (Å²) in [5.41, 5.74) is 0.682. The zero-order valence-corrected chi connectivity index (χ0v) is 15.3. The average molecular weight is 292 g/mol. The van der Waals surface area contributed by atoms with Crippen molar-refractivity contribution < 1.29 is 4.79 Å². The number of rotatable bonds is 7. The van der Waals surface area contributed by atoms with Gasteiger partial charge in [0.25, 0.3) is 0 Å². The zero-order chi connectivity index (χ0) is 13.9. The standard InChI is InChI=1S/C12H29NOSSi2/c1-8-13-11(17(5,6)7)9-10(12(14)15)16(2,3)4/h10-11,13H,8-9H2,1-7H3,(H,14,15). The molecule has 0 aromatic rings. The second kappa shape index (κ2) is 6.54. The lowest BCUT2D eigenvalue weighted by Crippen LogP contribution is -2.51. The topological polar surface area (TPSA) is 29.1 Å². The molecule has 2 atom stereocenters. The molecule has 0 aromatic carbocycles. The van der Waals surface area contributed by atoms with Gasteiger partial charge in [-0.15, -0.1) is 12.6 Å². The van der Waals surface area contributed by atoms with Crippen molar-refractivity contribution in [2.45, 2.75) is 63.8 Å². The fraction of sp³-hybridized carbons (Fsp3) is 0.917. The van der Waals surface area contributed by atoms with E-state index in [0.717, 1.165) is 13.0 Å². The minimum absolute atomic E-state index is 0.0883. The molecule has 0 amide bonds. The second-order valence-electron chi connectivity index (χ2n) is 6.97. The van der Waals surface area contributed by atoms with Crippen LogP contribution in [0.2, 0.25) is 44.8 Å². The van der Waals surface area contributed by atoms with E-state index in [9.17, 15) is 4.79 Å². The van der Waals surface area contributed by atoms with E-state index in [1.54, 1.807) is 0 Å². The summed E-state index contributed by atoms with van der Waals surface area (Å²) in [6.45, 7) is 17.0. The molecule has 0 radical (unpaired) electrons. The van der Waals surface area contributed by atoms with Crippen LogP contribution < -0.4 is 5.32 Å². The van der Waals surface area contributed by atoms with E-state index in [1.807, 2.05) is 0 Å². The Morgan fingerprint density at radius 3 is 1.82 bits per heavy atom. The minimum atomic E-state index is -1.46. The van der Waals surface area contributed by atoms with Crippen LogP contribution in [-0.4, -0.2) is 33.5 Å². The van der Waals surface area contributed by atoms with Crippen molar-refractivity contribution in [2.75, 3.05) is 6.54 Å². The molecular formula is C12H29NOSSi2. The predicted octanol–water partition coefficient (Wildman–Crippen LogP) is 3.40. The third-order valence-corrected chi connectivity index (χ3v) is 8.98. The van der Waals surface area contributed by atoms with E-state index in [4.69, 9.17) is 0 Å². The predicted molar refractivity (Wildman–Crippen MR) is 86.5 cm³/mol. The molecule has 0 spiro atoms. The highest BCUT2D eigenvalue weighted by Crippen LogP contribution is 2.31. The lowest BCUT2D eigenvalue weighted by Gasteiger charge is -2.36. The molecule has 0 aliphatic heterocycles. The molecule has 0 aliphatic rings. The Morgan fingerprint density at radius 1 is 1.12 bits per heavy atom. The maximum absolute atomic E-state index is 11.7. The van der Waals surface area contributed by atoms with Crippen molar-refractivity contribution in [3.05, 3.63) is 0 Å². The van der Waals surface area contributed by atoms with Gasteiger partial charge in [0.1, 0.15) is 0 Å². The number of hydrogen-bond acceptors (Lipinski definition) is 2. The summed E-state index contributed by atoms with van der Waals surface area (Å²) in [6.07, 6.45) is 0.974. The van der Waals surface area contributed by atoms with E-state index in [2.05, 4.69) is 64.2 Å². The number of carbonyl (C=O) groups is 1. The first-order chi connectivity index (χ1) is 7.50. The summed E-state index contributed by atoms with van der Waals surface area (Å²) >= 11 is 4.11. The van der Waals surface area contributed by atoms with E-state index in [0.29, 0.717) is 5.67 Å². The quantitative estimate of drug-likeness (QED) is 0.556. The molecule has 0 aromatic heterocycles. The summed E-state index contributed by atoms with van der Waals surface area (Å²) in [7, 11) is -2.73. The van der Waals surface area contributed by atoms with Gasteiger partial charge in [-0.05, 0) is 13.0 Å². The van der Waals surface area contributed by atoms with Gasteiger partial charge < -0.3 is 5.32 Å². The van der Waals surface area contributed by atoms with Crippen LogP contribution in [0.3, 0.4) is 0 Å². The van der Waals surface area contributed by atoms with Crippen LogP contribution in [0.15, 0.2) is 0 Å². The van der Waals surface area contributed by atoms with Gasteiger partial charge in [0.05, 0.1) is 16.1 Å². The van der Waals surface area contributed by atoms with Gasteiger partial charge in [0.15, 0.2) is 5.12 Å². The van der Waals surface area contributed by atoms with Gasteiger partial charge in [-0.25, -0.2) is 0 Å². The van der Waals surface area contributed by atoms with Crippen molar-refractivity contribution >= 4 is 33.9 Å². The molecule has 17 heavy (non-hydrogen) atoms. The Hall–Kier alpha value is 0.414. The van der Waals surface area contributed by atoms with Gasteiger partial charge in [-0.2, -0.15) is 0 Å². The van der Waals surface area contributed by atoms with Crippen molar-refractivity contribution in [1.82, 2.24) is 5.32 Å². The number of carbonyl (C=O) groups excluding carboxylic acids is 1. The summed E-state index contributed by atoms with van der Waals surface area (Å²) in [6, 6.07) is 0. The SMILES string of the molecule is CCNC(CC(C(=O)S)[Si](C)(C)C)[Si](C)(C)C. The largest absolute Gasteiger partial charge is 0.317 e. The van der Waals surface area contributed by atoms with Crippen molar-refractivity contribution in [1.29, 1.82) is 0 Å². The normalized spacial score (nSPS) is 16.7. The van der Waals surface area contributed by atoms with Gasteiger partial charge >= 0.3 is 0 Å². The fourth-order valence-corrected chi connectivity index (χ4v) is 7.00. The highest BCUT2D eigenvalue weighted by Gasteiger charge is 2.36. The van der Waals surface area contributed by atoms with Crippen LogP contribution >= 0.6 is 12.6 Å². The third kappa shape index (κ3) is 6.22. The van der Waals surface area contributed by atoms with Crippen LogP contribution in [0.4, 0.5) is 0 Å². The first kappa shape index (κ1) is 17.4. The van der Waals surface area contributed by atoms with Crippen molar-refractivity contribution in [3.63, 3.8) is 0 Å². The third-order valence-electron chi connectivity index (χ3n) is 3.31. The maximum atomic E-state index is 11.7. The van der Waals surface area contributed by atoms with E-state index < -0.39 is 16.1 Å². The Labute approximate surface area is 114 Å². The number of thiol groups is 1. The molecule has 0 heterocycles. The molecule has 2 nitrogen and oxygen atoms in total. The highest BCUT2D eigenvalue weighted by atomic mass is 32.1. The molecule has 2 unspecified atom stereocenters. The van der Waals surface area contributed by atoms with Crippen LogP contribution in [0.5, 0.6) is 0 Å². The summed E-state index contributed by atoms with van der Waals surface area (Å²) in [4.78, 5) is 11.7. The first-order valence-electron chi connectivity index (χ1n) is 6.46. The fourth-order valence-electron chi connectivity index (χ4n) is 2.05. The number of nitrogens with one attached hydrogen (secondary N) is 1. The van der Waals surface area contributed by atoms with Crippen LogP contribution in [0.1, 0.15) is 13.3 Å². The summed E-state index contributed by atoms with van der Waals surface area (Å²) in [5, 5.41) is 3.67. The highest BCUT2D eigenvalue weighted by molar-refractivity contribution is 7.97. The molecule has 5 heteroatoms. The Kier molecular flexibility index (Phi) is 6.70. The minimum Gasteiger partial charge on any atom is -0.317 e. The molecule has 1 N–H and O–H groups in total. The van der Waals surface area contributed by atoms with Crippen molar-refractivity contribution in [2.24, 2.45) is 0 Å². The number of hydrogen-bond donors (Lipinski definition) is 2. The van der Waals surface area contributed by atoms with Crippen LogP contribution in [0.25, 0.3) is 0 Å². The molecule has 0 bridgehead atoms. The Bertz CT molecular complexity index is 258. The monoisotopic (exact) mass is 291 g/mol. The van der Waals surface area contributed by atoms with E-state index in [1.165, 1.54) is 0 Å². The molecule has 0 rings (SSSR count). The average Bonchev–Trinajstić information content (AvgIpc) is 2.06. The van der Waals surface area contributed by atoms with Crippen LogP contribution in [0, 0.1) is 0 Å². The van der Waals surface area contributed by atoms with Gasteiger partial charge in [0, 0.05) is 11.2 Å². The summed E-state index contributed by atoms with van der Waals surface area (Å²) < 4.78 is 0. The maximum Gasteiger partial charge on any atom is 0.186 e. The Balaban J connectivity index is 4.88. The van der Waals surface area contributed by atoms with E-state index >= 15 is 0 Å². The Morgan fingerprint density at radius 2 is 1.59 bits per heavy atom. The lowest BCUT2D eigenvalue weighted by molar-refractivity contribution is -0.111. The van der Waals surface area contributed by atoms with Gasteiger partial charge in [-0.3, -0.25) is 4.79 Å². The smallest absolute Gasteiger partial charge is 0.186 e. The van der Waals surface area contributed by atoms with Gasteiger partial charge in [0.2, 0.25) is 0 Å². The molecule has 0 saturated heterocycles. The van der Waals surface area contributed by atoms with Crippen molar-refractivity contribution in [3.8, 4) is 0 Å². The molecule has 0 fully saturated rings. The van der Waals surface area contributed by atoms with Crippen LogP contribution in [-0.2, 0) is 4.79 Å². The molecule has 0 saturated carbocycles. The van der Waals surface area contributed by atoms with Gasteiger partial charge in [-0.1, -0.05) is 46.2 Å².